The van der Waals surface area contributed by atoms with Crippen molar-refractivity contribution in [1.29, 1.82) is 0 Å². The van der Waals surface area contributed by atoms with E-state index in [1.807, 2.05) is 43.3 Å². The molecule has 0 aliphatic rings. The fourth-order valence-corrected chi connectivity index (χ4v) is 2.54. The molecule has 0 bridgehead atoms. The Hall–Kier alpha value is -2.08. The Morgan fingerprint density at radius 1 is 1.00 bits per heavy atom. The molecule has 0 aliphatic carbocycles. The van der Waals surface area contributed by atoms with Crippen molar-refractivity contribution in [2.24, 2.45) is 0 Å². The minimum absolute atomic E-state index is 0.408. The predicted molar refractivity (Wildman–Crippen MR) is 80.9 cm³/mol. The highest BCUT2D eigenvalue weighted by atomic mass is 14.3. The van der Waals surface area contributed by atoms with Gasteiger partial charge >= 0.3 is 0 Å². The molecule has 0 heteroatoms. The first-order valence-electron chi connectivity index (χ1n) is 6.46. The van der Waals surface area contributed by atoms with Crippen LogP contribution >= 0.6 is 0 Å². The maximum absolute atomic E-state index is 8.01. The highest BCUT2D eigenvalue weighted by molar-refractivity contribution is 5.45. The highest BCUT2D eigenvalue weighted by Gasteiger charge is 2.30. The first kappa shape index (κ1) is 13.4. The van der Waals surface area contributed by atoms with E-state index in [1.54, 1.807) is 6.08 Å². The van der Waals surface area contributed by atoms with E-state index >= 15 is 0 Å². The number of hydrogen-bond donors (Lipinski definition) is 0. The number of benzene rings is 2. The average molecular weight is 246 g/mol. The van der Waals surface area contributed by atoms with E-state index < -0.39 is 5.41 Å². The molecule has 2 rings (SSSR count). The molecular formula is C19H18. The van der Waals surface area contributed by atoms with Crippen LogP contribution in [0.25, 0.3) is 0 Å². The van der Waals surface area contributed by atoms with Gasteiger partial charge in [-0.2, -0.15) is 0 Å². The Morgan fingerprint density at radius 3 is 1.74 bits per heavy atom. The van der Waals surface area contributed by atoms with Gasteiger partial charge in [0.15, 0.2) is 0 Å². The van der Waals surface area contributed by atoms with Crippen molar-refractivity contribution in [3.8, 4) is 0 Å². The number of allylic oxidation sites excluding steroid dienone is 2. The fraction of sp³-hybridized carbons (Fsp3) is 0.158. The molecule has 0 atom stereocenters. The average Bonchev–Trinajstić information content (AvgIpc) is 2.46. The second-order valence-corrected chi connectivity index (χ2v) is 4.98. The van der Waals surface area contributed by atoms with Crippen LogP contribution in [0.3, 0.4) is 0 Å². The van der Waals surface area contributed by atoms with Crippen LogP contribution in [0, 0.1) is 6.58 Å². The third-order valence-electron chi connectivity index (χ3n) is 3.40. The summed E-state index contributed by atoms with van der Waals surface area (Å²) in [6.07, 6.45) is 2.30. The van der Waals surface area contributed by atoms with E-state index in [0.29, 0.717) is 0 Å². The Morgan fingerprint density at radius 2 is 1.42 bits per heavy atom. The first-order chi connectivity index (χ1) is 9.19. The Labute approximate surface area is 116 Å². The summed E-state index contributed by atoms with van der Waals surface area (Å²) in [7, 11) is 0. The van der Waals surface area contributed by atoms with Crippen molar-refractivity contribution < 1.29 is 0 Å². The molecule has 0 aliphatic heterocycles. The number of rotatable bonds is 5. The molecule has 0 nitrogen and oxygen atoms in total. The summed E-state index contributed by atoms with van der Waals surface area (Å²) in [5.74, 6) is 0. The Balaban J connectivity index is 2.61. The maximum Gasteiger partial charge on any atom is 0.0427 e. The topological polar surface area (TPSA) is 0 Å². The van der Waals surface area contributed by atoms with Gasteiger partial charge in [-0.3, -0.25) is 0 Å². The summed E-state index contributed by atoms with van der Waals surface area (Å²) in [4.78, 5) is 0. The monoisotopic (exact) mass is 246 g/mol. The lowest BCUT2D eigenvalue weighted by atomic mass is 9.71. The van der Waals surface area contributed by atoms with Gasteiger partial charge in [-0.25, -0.2) is 0 Å². The van der Waals surface area contributed by atoms with Crippen molar-refractivity contribution in [3.63, 3.8) is 0 Å². The van der Waals surface area contributed by atoms with Gasteiger partial charge in [0.2, 0.25) is 0 Å². The van der Waals surface area contributed by atoms with Gasteiger partial charge in [0.25, 0.3) is 0 Å². The minimum atomic E-state index is -0.408. The van der Waals surface area contributed by atoms with Crippen molar-refractivity contribution in [3.05, 3.63) is 96.6 Å². The van der Waals surface area contributed by atoms with Gasteiger partial charge in [0.05, 0.1) is 0 Å². The predicted octanol–water partition coefficient (Wildman–Crippen LogP) is 4.81. The lowest BCUT2D eigenvalue weighted by molar-refractivity contribution is 0.635. The molecule has 0 fully saturated rings. The molecule has 2 aromatic carbocycles. The van der Waals surface area contributed by atoms with Gasteiger partial charge in [0, 0.05) is 5.41 Å². The summed E-state index contributed by atoms with van der Waals surface area (Å²) in [6, 6.07) is 20.4. The van der Waals surface area contributed by atoms with Gasteiger partial charge in [0.1, 0.15) is 0 Å². The third-order valence-corrected chi connectivity index (χ3v) is 3.40. The molecule has 0 unspecified atom stereocenters. The van der Waals surface area contributed by atoms with E-state index in [-0.39, 0.29) is 0 Å². The molecule has 0 amide bonds. The van der Waals surface area contributed by atoms with Crippen LogP contribution in [0.2, 0.25) is 0 Å². The molecule has 0 spiro atoms. The zero-order valence-electron chi connectivity index (χ0n) is 11.3. The molecule has 94 valence electrons. The molecule has 0 N–H and O–H groups in total. The molecule has 19 heavy (non-hydrogen) atoms. The maximum atomic E-state index is 8.01. The van der Waals surface area contributed by atoms with Gasteiger partial charge < -0.3 is 0 Å². The quantitative estimate of drug-likeness (QED) is 0.664. The van der Waals surface area contributed by atoms with Crippen molar-refractivity contribution in [2.75, 3.05) is 0 Å². The van der Waals surface area contributed by atoms with Crippen molar-refractivity contribution in [1.82, 2.24) is 0 Å². The van der Waals surface area contributed by atoms with E-state index in [9.17, 15) is 0 Å². The molecule has 2 aromatic rings. The smallest absolute Gasteiger partial charge is 0.0427 e. The van der Waals surface area contributed by atoms with Gasteiger partial charge in [-0.1, -0.05) is 72.3 Å². The van der Waals surface area contributed by atoms with Crippen LogP contribution in [0.4, 0.5) is 0 Å². The Kier molecular flexibility index (Phi) is 4.01. The van der Waals surface area contributed by atoms with E-state index in [2.05, 4.69) is 30.8 Å². The zero-order chi connectivity index (χ0) is 13.7. The van der Waals surface area contributed by atoms with Crippen LogP contribution in [-0.2, 0) is 5.41 Å². The summed E-state index contributed by atoms with van der Waals surface area (Å²) in [5.41, 5.74) is 2.95. The molecule has 0 aromatic heterocycles. The third kappa shape index (κ3) is 2.68. The zero-order valence-corrected chi connectivity index (χ0v) is 11.3. The summed E-state index contributed by atoms with van der Waals surface area (Å²) in [5, 5.41) is 0. The van der Waals surface area contributed by atoms with Crippen LogP contribution in [0.1, 0.15) is 24.5 Å². The lowest BCUT2D eigenvalue weighted by Gasteiger charge is -2.32. The van der Waals surface area contributed by atoms with Crippen LogP contribution in [-0.4, -0.2) is 0 Å². The van der Waals surface area contributed by atoms with E-state index in [0.717, 1.165) is 23.1 Å². The van der Waals surface area contributed by atoms with Crippen molar-refractivity contribution >= 4 is 0 Å². The second-order valence-electron chi connectivity index (χ2n) is 4.98. The molecule has 0 heterocycles. The standard InChI is InChI=1S/C19H18/c1-4-19(15-16(2)3,17-11-7-5-8-12-17)18-13-9-6-10-14-18/h4-14H,2,15H2,3H3. The lowest BCUT2D eigenvalue weighted by Crippen LogP contribution is -2.25. The summed E-state index contributed by atoms with van der Waals surface area (Å²) < 4.78 is 0. The molecule has 0 saturated heterocycles. The summed E-state index contributed by atoms with van der Waals surface area (Å²) >= 11 is 0. The van der Waals surface area contributed by atoms with E-state index in [4.69, 9.17) is 6.58 Å². The largest absolute Gasteiger partial charge is 0.100 e. The van der Waals surface area contributed by atoms with Crippen LogP contribution in [0.15, 0.2) is 78.9 Å². The second kappa shape index (κ2) is 5.71. The number of hydrogen-bond acceptors (Lipinski definition) is 0. The van der Waals surface area contributed by atoms with Crippen LogP contribution in [0.5, 0.6) is 0 Å². The van der Waals surface area contributed by atoms with Gasteiger partial charge in [-0.05, 0) is 31.1 Å². The SMILES string of the molecule is [C]=CC(CC(=C)C)(c1ccccc1)c1ccccc1. The molecular weight excluding hydrogens is 228 g/mol. The Bertz CT molecular complexity index is 510. The van der Waals surface area contributed by atoms with Crippen molar-refractivity contribution in [2.45, 2.75) is 18.8 Å². The first-order valence-corrected chi connectivity index (χ1v) is 6.46. The molecule has 2 radical (unpaired) electrons. The van der Waals surface area contributed by atoms with Gasteiger partial charge in [-0.15, -0.1) is 6.58 Å². The normalized spacial score (nSPS) is 11.0. The highest BCUT2D eigenvalue weighted by Crippen LogP contribution is 2.38. The fourth-order valence-electron chi connectivity index (χ4n) is 2.54. The minimum Gasteiger partial charge on any atom is -0.100 e. The van der Waals surface area contributed by atoms with Crippen LogP contribution < -0.4 is 0 Å². The van der Waals surface area contributed by atoms with E-state index in [1.165, 1.54) is 0 Å². The summed E-state index contributed by atoms with van der Waals surface area (Å²) in [6.45, 7) is 14.1. The molecule has 0 saturated carbocycles.